The Kier molecular flexibility index (Phi) is 3.76. The molecule has 1 aromatic heterocycles. The minimum atomic E-state index is -0.322. The van der Waals surface area contributed by atoms with Crippen molar-refractivity contribution in [3.05, 3.63) is 46.0 Å². The summed E-state index contributed by atoms with van der Waals surface area (Å²) in [4.78, 5) is 16.1. The van der Waals surface area contributed by atoms with Gasteiger partial charge in [0.25, 0.3) is 5.88 Å². The Labute approximate surface area is 115 Å². The summed E-state index contributed by atoms with van der Waals surface area (Å²) in [6, 6.07) is 5.00. The second kappa shape index (κ2) is 5.32. The molecule has 1 heterocycles. The van der Waals surface area contributed by atoms with Crippen LogP contribution in [0.5, 0.6) is 11.6 Å². The topological polar surface area (TPSA) is 70.1 Å². The minimum Gasteiger partial charge on any atom is -0.431 e. The van der Waals surface area contributed by atoms with Crippen molar-refractivity contribution in [3.8, 4) is 11.6 Å². The lowest BCUT2D eigenvalue weighted by Gasteiger charge is -2.12. The zero-order valence-corrected chi connectivity index (χ0v) is 11.4. The van der Waals surface area contributed by atoms with Gasteiger partial charge in [0.05, 0.1) is 10.7 Å². The second-order valence-electron chi connectivity index (χ2n) is 4.30. The van der Waals surface area contributed by atoms with Gasteiger partial charge in [0.15, 0.2) is 5.75 Å². The van der Waals surface area contributed by atoms with E-state index in [9.17, 15) is 4.79 Å². The molecule has 0 bridgehead atoms. The summed E-state index contributed by atoms with van der Waals surface area (Å²) in [5, 5.41) is 0.334. The molecule has 2 N–H and O–H groups in total. The minimum absolute atomic E-state index is 0.0152. The fraction of sp³-hybridized carbons (Fsp3) is 0.231. The molecule has 0 atom stereocenters. The maximum Gasteiger partial charge on any atom is 0.313 e. The van der Waals surface area contributed by atoms with E-state index in [-0.39, 0.29) is 23.2 Å². The Balaban J connectivity index is 2.45. The monoisotopic (exact) mass is 279 g/mol. The van der Waals surface area contributed by atoms with E-state index >= 15 is 0 Å². The van der Waals surface area contributed by atoms with Crippen molar-refractivity contribution in [1.82, 2.24) is 9.55 Å². The van der Waals surface area contributed by atoms with Crippen LogP contribution in [0, 0.1) is 0 Å². The molecular weight excluding hydrogens is 266 g/mol. The van der Waals surface area contributed by atoms with Gasteiger partial charge in [-0.3, -0.25) is 4.79 Å². The van der Waals surface area contributed by atoms with Gasteiger partial charge in [-0.2, -0.15) is 0 Å². The molecule has 2 aromatic rings. The molecular formula is C13H14ClN3O2. The molecule has 5 nitrogen and oxygen atoms in total. The number of nitrogen functional groups attached to an aromatic ring is 1. The number of anilines is 1. The molecule has 6 heteroatoms. The number of nitrogens with zero attached hydrogens (tertiary/aromatic N) is 2. The van der Waals surface area contributed by atoms with E-state index in [1.54, 1.807) is 24.4 Å². The third-order valence-electron chi connectivity index (χ3n) is 2.59. The number of halogens is 1. The lowest BCUT2D eigenvalue weighted by molar-refractivity contribution is 0.439. The molecule has 2 rings (SSSR count). The number of hydrogen-bond acceptors (Lipinski definition) is 4. The molecule has 19 heavy (non-hydrogen) atoms. The maximum atomic E-state index is 12.1. The Bertz CT molecular complexity index is 632. The van der Waals surface area contributed by atoms with Crippen LogP contribution in [-0.4, -0.2) is 9.55 Å². The van der Waals surface area contributed by atoms with Crippen molar-refractivity contribution in [2.45, 2.75) is 19.9 Å². The van der Waals surface area contributed by atoms with Crippen LogP contribution in [0.3, 0.4) is 0 Å². The first-order chi connectivity index (χ1) is 9.00. The lowest BCUT2D eigenvalue weighted by Crippen LogP contribution is -2.23. The van der Waals surface area contributed by atoms with Gasteiger partial charge in [0.2, 0.25) is 0 Å². The summed E-state index contributed by atoms with van der Waals surface area (Å²) >= 11 is 5.99. The van der Waals surface area contributed by atoms with Gasteiger partial charge in [-0.15, -0.1) is 0 Å². The molecule has 1 aromatic carbocycles. The van der Waals surface area contributed by atoms with Crippen LogP contribution in [-0.2, 0) is 0 Å². The predicted octanol–water partition coefficient (Wildman–Crippen LogP) is 2.85. The SMILES string of the molecule is CC(C)n1ccnc(Oc2c(N)cccc2Cl)c1=O. The van der Waals surface area contributed by atoms with E-state index in [1.165, 1.54) is 10.8 Å². The number of benzene rings is 1. The zero-order valence-electron chi connectivity index (χ0n) is 10.6. The molecule has 0 fully saturated rings. The van der Waals surface area contributed by atoms with E-state index in [4.69, 9.17) is 22.1 Å². The molecule has 0 saturated carbocycles. The van der Waals surface area contributed by atoms with Gasteiger partial charge >= 0.3 is 5.56 Å². The quantitative estimate of drug-likeness (QED) is 0.877. The lowest BCUT2D eigenvalue weighted by atomic mass is 10.3. The average Bonchev–Trinajstić information content (AvgIpc) is 2.35. The summed E-state index contributed by atoms with van der Waals surface area (Å²) in [5.41, 5.74) is 5.80. The van der Waals surface area contributed by atoms with Crippen molar-refractivity contribution < 1.29 is 4.74 Å². The number of para-hydroxylation sites is 1. The first-order valence-electron chi connectivity index (χ1n) is 5.79. The van der Waals surface area contributed by atoms with Crippen molar-refractivity contribution in [1.29, 1.82) is 0 Å². The van der Waals surface area contributed by atoms with Crippen molar-refractivity contribution in [2.24, 2.45) is 0 Å². The Morgan fingerprint density at radius 1 is 1.42 bits per heavy atom. The maximum absolute atomic E-state index is 12.1. The Hall–Kier alpha value is -2.01. The van der Waals surface area contributed by atoms with Gasteiger partial charge in [-0.05, 0) is 26.0 Å². The summed E-state index contributed by atoms with van der Waals surface area (Å²) < 4.78 is 6.98. The normalized spacial score (nSPS) is 10.7. The predicted molar refractivity (Wildman–Crippen MR) is 74.8 cm³/mol. The number of aromatic nitrogens is 2. The van der Waals surface area contributed by atoms with Crippen LogP contribution in [0.15, 0.2) is 35.4 Å². The van der Waals surface area contributed by atoms with Crippen LogP contribution >= 0.6 is 11.6 Å². The Morgan fingerprint density at radius 3 is 2.79 bits per heavy atom. The molecule has 0 amide bonds. The number of nitrogens with two attached hydrogens (primary N) is 1. The van der Waals surface area contributed by atoms with Gasteiger partial charge < -0.3 is 15.0 Å². The molecule has 0 saturated heterocycles. The highest BCUT2D eigenvalue weighted by molar-refractivity contribution is 6.32. The van der Waals surface area contributed by atoms with E-state index in [1.807, 2.05) is 13.8 Å². The van der Waals surface area contributed by atoms with Crippen LogP contribution in [0.4, 0.5) is 5.69 Å². The summed E-state index contributed by atoms with van der Waals surface area (Å²) in [5.74, 6) is 0.200. The highest BCUT2D eigenvalue weighted by Gasteiger charge is 2.13. The Morgan fingerprint density at radius 2 is 2.16 bits per heavy atom. The smallest absolute Gasteiger partial charge is 0.313 e. The number of ether oxygens (including phenoxy) is 1. The highest BCUT2D eigenvalue weighted by Crippen LogP contribution is 2.32. The van der Waals surface area contributed by atoms with E-state index < -0.39 is 0 Å². The fourth-order valence-corrected chi connectivity index (χ4v) is 1.83. The van der Waals surface area contributed by atoms with E-state index in [0.717, 1.165) is 0 Å². The van der Waals surface area contributed by atoms with Gasteiger partial charge in [-0.25, -0.2) is 4.98 Å². The fourth-order valence-electron chi connectivity index (χ4n) is 1.61. The van der Waals surface area contributed by atoms with Crippen LogP contribution in [0.25, 0.3) is 0 Å². The van der Waals surface area contributed by atoms with Crippen LogP contribution in [0.2, 0.25) is 5.02 Å². The van der Waals surface area contributed by atoms with E-state index in [2.05, 4.69) is 4.98 Å². The van der Waals surface area contributed by atoms with Crippen molar-refractivity contribution >= 4 is 17.3 Å². The van der Waals surface area contributed by atoms with Crippen molar-refractivity contribution in [3.63, 3.8) is 0 Å². The highest BCUT2D eigenvalue weighted by atomic mass is 35.5. The van der Waals surface area contributed by atoms with Crippen LogP contribution in [0.1, 0.15) is 19.9 Å². The first kappa shape index (κ1) is 13.4. The molecule has 0 spiro atoms. The van der Waals surface area contributed by atoms with Gasteiger partial charge in [0, 0.05) is 18.4 Å². The molecule has 0 aliphatic carbocycles. The standard InChI is InChI=1S/C13H14ClN3O2/c1-8(2)17-7-6-16-12(13(17)18)19-11-9(14)4-3-5-10(11)15/h3-8H,15H2,1-2H3. The van der Waals surface area contributed by atoms with Crippen LogP contribution < -0.4 is 16.0 Å². The largest absolute Gasteiger partial charge is 0.431 e. The zero-order chi connectivity index (χ0) is 14.0. The first-order valence-corrected chi connectivity index (χ1v) is 6.17. The average molecular weight is 280 g/mol. The van der Waals surface area contributed by atoms with E-state index in [0.29, 0.717) is 10.7 Å². The third kappa shape index (κ3) is 2.71. The molecule has 0 unspecified atom stereocenters. The van der Waals surface area contributed by atoms with Crippen molar-refractivity contribution in [2.75, 3.05) is 5.73 Å². The third-order valence-corrected chi connectivity index (χ3v) is 2.89. The second-order valence-corrected chi connectivity index (χ2v) is 4.71. The molecule has 0 aliphatic rings. The summed E-state index contributed by atoms with van der Waals surface area (Å²) in [6.45, 7) is 3.80. The summed E-state index contributed by atoms with van der Waals surface area (Å²) in [7, 11) is 0. The molecule has 0 radical (unpaired) electrons. The molecule has 100 valence electrons. The summed E-state index contributed by atoms with van der Waals surface area (Å²) in [6.07, 6.45) is 3.11. The molecule has 0 aliphatic heterocycles. The number of rotatable bonds is 3. The number of hydrogen-bond donors (Lipinski definition) is 1. The van der Waals surface area contributed by atoms with Gasteiger partial charge in [0.1, 0.15) is 0 Å². The van der Waals surface area contributed by atoms with Gasteiger partial charge in [-0.1, -0.05) is 17.7 Å².